The van der Waals surface area contributed by atoms with Crippen LogP contribution in [-0.4, -0.2) is 20.9 Å². The molecule has 0 unspecified atom stereocenters. The molecule has 3 heterocycles. The third-order valence-electron chi connectivity index (χ3n) is 12.8. The van der Waals surface area contributed by atoms with E-state index in [0.717, 1.165) is 56.7 Å². The molecule has 0 saturated carbocycles. The smallest absolute Gasteiger partial charge is 0.503 e. The fraction of sp³-hybridized carbons (Fsp3) is 0.308. The third kappa shape index (κ3) is 5.98. The number of amidine groups is 1. The van der Waals surface area contributed by atoms with Gasteiger partial charge in [-0.2, -0.15) is 5.56 Å². The zero-order chi connectivity index (χ0) is 40.3. The number of benzene rings is 5. The number of anilines is 1. The maximum absolute atomic E-state index is 6.87. The number of hydrogen-bond donors (Lipinski definition) is 0. The molecule has 0 N–H and O–H groups in total. The summed E-state index contributed by atoms with van der Waals surface area (Å²) in [6.45, 7) is 26.8. The SMILES string of the molecule is Cc1cc(Oc2[c-]c(C3=N[C@]4(C)Cc5c(C)cccc5[C@]4(C)N3c3c(C)cc(C)cc3C)c(C)cc2C)[c-]c(-n2c3ccc(C(C)(C)C)cc3c3cccnc32)c1.[Pt+2]. The van der Waals surface area contributed by atoms with Gasteiger partial charge in [-0.15, -0.1) is 35.4 Å². The van der Waals surface area contributed by atoms with Gasteiger partial charge >= 0.3 is 21.1 Å². The summed E-state index contributed by atoms with van der Waals surface area (Å²) in [6, 6.07) is 36.2. The molecule has 0 fully saturated rings. The van der Waals surface area contributed by atoms with Gasteiger partial charge in [-0.1, -0.05) is 101 Å². The molecule has 0 bridgehead atoms. The summed E-state index contributed by atoms with van der Waals surface area (Å²) in [5.74, 6) is 2.23. The van der Waals surface area contributed by atoms with Gasteiger partial charge in [-0.05, 0) is 111 Å². The quantitative estimate of drug-likeness (QED) is 0.162. The number of ether oxygens (including phenoxy) is 1. The Kier molecular flexibility index (Phi) is 9.48. The molecule has 0 saturated heterocycles. The minimum Gasteiger partial charge on any atom is -0.503 e. The number of hydrogen-bond acceptors (Lipinski definition) is 4. The van der Waals surface area contributed by atoms with Crippen molar-refractivity contribution in [2.24, 2.45) is 4.99 Å². The molecule has 2 atom stereocenters. The van der Waals surface area contributed by atoms with Crippen molar-refractivity contribution in [3.05, 3.63) is 158 Å². The fourth-order valence-corrected chi connectivity index (χ4v) is 9.84. The van der Waals surface area contributed by atoms with E-state index in [0.29, 0.717) is 11.5 Å². The van der Waals surface area contributed by atoms with Crippen LogP contribution in [0.3, 0.4) is 0 Å². The second-order valence-corrected chi connectivity index (χ2v) is 18.2. The van der Waals surface area contributed by atoms with Gasteiger partial charge in [0.2, 0.25) is 0 Å². The van der Waals surface area contributed by atoms with E-state index in [9.17, 15) is 0 Å². The van der Waals surface area contributed by atoms with Gasteiger partial charge in [-0.3, -0.25) is 0 Å². The number of rotatable bonds is 5. The molecule has 58 heavy (non-hydrogen) atoms. The van der Waals surface area contributed by atoms with Crippen LogP contribution in [0.15, 0.2) is 90.1 Å². The Morgan fingerprint density at radius 3 is 2.17 bits per heavy atom. The summed E-state index contributed by atoms with van der Waals surface area (Å²) in [5.41, 5.74) is 16.6. The Hall–Kier alpha value is -4.99. The molecule has 296 valence electrons. The van der Waals surface area contributed by atoms with Crippen molar-refractivity contribution in [3.63, 3.8) is 0 Å². The van der Waals surface area contributed by atoms with Crippen LogP contribution in [0.25, 0.3) is 27.6 Å². The zero-order valence-corrected chi connectivity index (χ0v) is 38.1. The first-order valence-electron chi connectivity index (χ1n) is 20.2. The van der Waals surface area contributed by atoms with Gasteiger partial charge in [0.1, 0.15) is 5.65 Å². The standard InChI is InChI=1S/C52H52N4O.Pt/c1-30-21-35(6)47(36(7)22-30)56-49(54-51(11)29-43-32(3)15-13-17-44(43)52(51,56)12)41-28-46(34(5)25-33(41)4)57-39-24-31(2)23-38(27-39)55-45-19-18-37(50(8,9)10)26-42(45)40-16-14-20-53-48(40)55;/h13-26H,29H2,1-12H3;/q-2;+2/t51-,52+;/m1./s1. The maximum Gasteiger partial charge on any atom is 2.00 e. The molecule has 0 amide bonds. The molecule has 0 radical (unpaired) electrons. The Labute approximate surface area is 358 Å². The predicted molar refractivity (Wildman–Crippen MR) is 236 cm³/mol. The average molecular weight is 944 g/mol. The summed E-state index contributed by atoms with van der Waals surface area (Å²) in [6.07, 6.45) is 2.74. The molecular weight excluding hydrogens is 892 g/mol. The second-order valence-electron chi connectivity index (χ2n) is 18.2. The molecule has 9 rings (SSSR count). The van der Waals surface area contributed by atoms with Crippen molar-refractivity contribution in [1.29, 1.82) is 0 Å². The van der Waals surface area contributed by atoms with Gasteiger partial charge in [0.15, 0.2) is 0 Å². The molecule has 6 heteroatoms. The molecule has 7 aromatic rings. The van der Waals surface area contributed by atoms with E-state index in [2.05, 4.69) is 177 Å². The first-order valence-corrected chi connectivity index (χ1v) is 20.2. The number of fused-ring (bicyclic) bond motifs is 6. The van der Waals surface area contributed by atoms with E-state index < -0.39 is 11.1 Å². The van der Waals surface area contributed by atoms with Crippen molar-refractivity contribution >= 4 is 33.5 Å². The minimum absolute atomic E-state index is 0. The summed E-state index contributed by atoms with van der Waals surface area (Å²) in [4.78, 5) is 13.2. The number of aliphatic imine (C=N–C) groups is 1. The summed E-state index contributed by atoms with van der Waals surface area (Å²) in [7, 11) is 0. The van der Waals surface area contributed by atoms with Crippen LogP contribution in [0.5, 0.6) is 11.5 Å². The van der Waals surface area contributed by atoms with Crippen LogP contribution >= 0.6 is 0 Å². The Balaban J connectivity index is 0.00000469. The molecule has 2 aliphatic rings. The molecule has 5 nitrogen and oxygen atoms in total. The van der Waals surface area contributed by atoms with E-state index in [4.69, 9.17) is 14.7 Å². The van der Waals surface area contributed by atoms with Crippen molar-refractivity contribution in [2.45, 2.75) is 106 Å². The largest absolute Gasteiger partial charge is 2.00 e. The fourth-order valence-electron chi connectivity index (χ4n) is 9.84. The number of nitrogens with zero attached hydrogens (tertiary/aromatic N) is 4. The first-order chi connectivity index (χ1) is 27.0. The third-order valence-corrected chi connectivity index (χ3v) is 12.8. The Morgan fingerprint density at radius 2 is 1.45 bits per heavy atom. The van der Waals surface area contributed by atoms with E-state index in [1.54, 1.807) is 0 Å². The normalized spacial score (nSPS) is 18.7. The number of pyridine rings is 1. The van der Waals surface area contributed by atoms with Crippen LogP contribution in [0, 0.1) is 60.6 Å². The molecule has 2 aromatic heterocycles. The van der Waals surface area contributed by atoms with Crippen LogP contribution in [-0.2, 0) is 38.4 Å². The van der Waals surface area contributed by atoms with Crippen molar-refractivity contribution < 1.29 is 25.8 Å². The van der Waals surface area contributed by atoms with E-state index in [1.165, 1.54) is 50.0 Å². The van der Waals surface area contributed by atoms with Gasteiger partial charge in [0, 0.05) is 34.2 Å². The molecule has 1 aliphatic heterocycles. The van der Waals surface area contributed by atoms with E-state index in [-0.39, 0.29) is 26.5 Å². The summed E-state index contributed by atoms with van der Waals surface area (Å²) < 4.78 is 9.09. The van der Waals surface area contributed by atoms with Crippen molar-refractivity contribution in [1.82, 2.24) is 9.55 Å². The number of aromatic nitrogens is 2. The van der Waals surface area contributed by atoms with Gasteiger partial charge < -0.3 is 19.2 Å². The molecule has 1 aliphatic carbocycles. The summed E-state index contributed by atoms with van der Waals surface area (Å²) >= 11 is 0. The van der Waals surface area contributed by atoms with Gasteiger partial charge in [-0.25, -0.2) is 4.98 Å². The zero-order valence-electron chi connectivity index (χ0n) is 35.8. The molecule has 0 spiro atoms. The predicted octanol–water partition coefficient (Wildman–Crippen LogP) is 12.5. The summed E-state index contributed by atoms with van der Waals surface area (Å²) in [5, 5.41) is 2.30. The van der Waals surface area contributed by atoms with Gasteiger partial charge in [0.25, 0.3) is 0 Å². The van der Waals surface area contributed by atoms with E-state index in [1.807, 2.05) is 12.3 Å². The van der Waals surface area contributed by atoms with Crippen molar-refractivity contribution in [2.75, 3.05) is 4.90 Å². The Bertz CT molecular complexity index is 2840. The van der Waals surface area contributed by atoms with Crippen LogP contribution in [0.2, 0.25) is 0 Å². The first kappa shape index (κ1) is 39.8. The maximum atomic E-state index is 6.87. The van der Waals surface area contributed by atoms with Crippen molar-refractivity contribution in [3.8, 4) is 17.2 Å². The second kappa shape index (κ2) is 13.8. The Morgan fingerprint density at radius 1 is 0.724 bits per heavy atom. The van der Waals surface area contributed by atoms with Gasteiger partial charge in [0.05, 0.1) is 22.4 Å². The average Bonchev–Trinajstić information content (AvgIpc) is 3.67. The molecular formula is C52H52N4OPt. The van der Waals surface area contributed by atoms with Crippen LogP contribution < -0.4 is 9.64 Å². The van der Waals surface area contributed by atoms with Crippen LogP contribution in [0.1, 0.15) is 95.8 Å². The topological polar surface area (TPSA) is 42.6 Å². The minimum atomic E-state index is -0.413. The van der Waals surface area contributed by atoms with Crippen LogP contribution in [0.4, 0.5) is 5.69 Å². The molecule has 5 aromatic carbocycles. The number of aryl methyl sites for hydroxylation is 7. The van der Waals surface area contributed by atoms with E-state index >= 15 is 0 Å². The monoisotopic (exact) mass is 943 g/mol.